The molecule has 2 aromatic heterocycles. The van der Waals surface area contributed by atoms with Crippen LogP contribution in [0.5, 0.6) is 11.8 Å². The highest BCUT2D eigenvalue weighted by atomic mass is 19.1. The van der Waals surface area contributed by atoms with Crippen molar-refractivity contribution in [3.63, 3.8) is 0 Å². The summed E-state index contributed by atoms with van der Waals surface area (Å²) >= 11 is 0. The maximum absolute atomic E-state index is 17.1. The molecule has 1 atom stereocenters. The molecule has 7 rings (SSSR count). The number of hydrogen-bond acceptors (Lipinski definition) is 10. The van der Waals surface area contributed by atoms with Gasteiger partial charge in [0, 0.05) is 43.9 Å². The van der Waals surface area contributed by atoms with Crippen molar-refractivity contribution >= 4 is 33.5 Å². The Balaban J connectivity index is 1.28. The average molecular weight is 706 g/mol. The number of hydrogen-bond donors (Lipinski definition) is 2. The van der Waals surface area contributed by atoms with E-state index >= 15 is 8.78 Å². The summed E-state index contributed by atoms with van der Waals surface area (Å²) in [6.45, 7) is 7.05. The second kappa shape index (κ2) is 14.1. The molecule has 0 bridgehead atoms. The molecule has 1 saturated carbocycles. The number of aliphatic hydroxyl groups is 1. The van der Waals surface area contributed by atoms with E-state index in [1.54, 1.807) is 31.3 Å². The topological polar surface area (TPSA) is 130 Å². The molecule has 11 nitrogen and oxygen atoms in total. The molecule has 2 N–H and O–H groups in total. The SMILES string of the molecule is CCc1c(F)ccc2cc(OCOC)cc(-c3ncc4c(N5CCC[C@@](C)(O)C5)nc(OCC5(CN6CCC(C(=O)O)CC6)CC5)nc4c3F)c12. The van der Waals surface area contributed by atoms with Crippen LogP contribution in [-0.2, 0) is 16.0 Å². The van der Waals surface area contributed by atoms with Gasteiger partial charge in [0.25, 0.3) is 0 Å². The lowest BCUT2D eigenvalue weighted by Gasteiger charge is -2.38. The Kier molecular flexibility index (Phi) is 9.72. The summed E-state index contributed by atoms with van der Waals surface area (Å²) in [5.41, 5.74) is -0.282. The lowest BCUT2D eigenvalue weighted by Crippen LogP contribution is -2.46. The predicted molar refractivity (Wildman–Crippen MR) is 188 cm³/mol. The van der Waals surface area contributed by atoms with Gasteiger partial charge < -0.3 is 34.2 Å². The van der Waals surface area contributed by atoms with Gasteiger partial charge in [-0.05, 0) is 99.5 Å². The van der Waals surface area contributed by atoms with E-state index < -0.39 is 23.2 Å². The quantitative estimate of drug-likeness (QED) is 0.169. The third-order valence-corrected chi connectivity index (χ3v) is 10.7. The smallest absolute Gasteiger partial charge is 0.319 e. The Bertz CT molecular complexity index is 1950. The molecule has 51 heavy (non-hydrogen) atoms. The first-order valence-corrected chi connectivity index (χ1v) is 17.8. The fraction of sp³-hybridized carbons (Fsp3) is 0.526. The van der Waals surface area contributed by atoms with E-state index in [1.807, 2.05) is 11.8 Å². The van der Waals surface area contributed by atoms with E-state index in [4.69, 9.17) is 19.2 Å². The molecule has 0 spiro atoms. The van der Waals surface area contributed by atoms with E-state index in [0.717, 1.165) is 38.9 Å². The minimum atomic E-state index is -0.962. The number of likely N-dealkylation sites (tertiary alicyclic amines) is 1. The molecule has 272 valence electrons. The normalized spacial score (nSPS) is 20.9. The first-order chi connectivity index (χ1) is 24.5. The lowest BCUT2D eigenvalue weighted by molar-refractivity contribution is -0.143. The van der Waals surface area contributed by atoms with Crippen molar-refractivity contribution in [2.45, 2.75) is 64.4 Å². The molecule has 2 aliphatic heterocycles. The number of anilines is 1. The summed E-state index contributed by atoms with van der Waals surface area (Å²) in [4.78, 5) is 29.7. The van der Waals surface area contributed by atoms with Crippen LogP contribution < -0.4 is 14.4 Å². The molecule has 0 unspecified atom stereocenters. The van der Waals surface area contributed by atoms with Crippen molar-refractivity contribution in [1.29, 1.82) is 0 Å². The van der Waals surface area contributed by atoms with Crippen molar-refractivity contribution < 1.29 is 38.0 Å². The van der Waals surface area contributed by atoms with Crippen LogP contribution in [0.25, 0.3) is 32.9 Å². The van der Waals surface area contributed by atoms with Gasteiger partial charge in [-0.2, -0.15) is 9.97 Å². The van der Waals surface area contributed by atoms with E-state index in [-0.39, 0.29) is 35.3 Å². The minimum absolute atomic E-state index is 0.0108. The molecular weight excluding hydrogens is 660 g/mol. The van der Waals surface area contributed by atoms with E-state index in [2.05, 4.69) is 14.9 Å². The van der Waals surface area contributed by atoms with Crippen LogP contribution in [0.2, 0.25) is 0 Å². The van der Waals surface area contributed by atoms with Gasteiger partial charge in [-0.25, -0.2) is 8.78 Å². The standard InChI is InChI=1S/C38H45F2N5O6/c1-4-26-29(39)7-6-24-16-25(51-22-49-3)17-27(30(24)26)32-31(40)33-28(18-41-32)34(45-13-5-10-37(2,48)19-45)43-36(42-33)50-21-38(11-12-38)20-44-14-8-23(9-15-44)35(46)47/h6-7,16-18,23,48H,4-5,8-15,19-22H2,1-3H3,(H,46,47)/t37-/m1/s1. The third kappa shape index (κ3) is 7.29. The van der Waals surface area contributed by atoms with Gasteiger partial charge in [0.15, 0.2) is 12.6 Å². The molecule has 2 saturated heterocycles. The number of piperidine rings is 2. The highest BCUT2D eigenvalue weighted by Crippen LogP contribution is 2.47. The zero-order chi connectivity index (χ0) is 35.9. The second-order valence-electron chi connectivity index (χ2n) is 14.7. The number of aliphatic carboxylic acids is 1. The number of rotatable bonds is 12. The number of β-amino-alcohol motifs (C(OH)–C–C–N with tert-alkyl or cyclic N) is 1. The van der Waals surface area contributed by atoms with Crippen LogP contribution in [0.4, 0.5) is 14.6 Å². The van der Waals surface area contributed by atoms with Gasteiger partial charge in [0.2, 0.25) is 0 Å². The number of carbonyl (C=O) groups is 1. The molecule has 13 heteroatoms. The van der Waals surface area contributed by atoms with Crippen LogP contribution in [-0.4, -0.2) is 94.9 Å². The maximum atomic E-state index is 17.1. The van der Waals surface area contributed by atoms with Gasteiger partial charge >= 0.3 is 12.0 Å². The Labute approximate surface area is 295 Å². The highest BCUT2D eigenvalue weighted by molar-refractivity contribution is 6.01. The highest BCUT2D eigenvalue weighted by Gasteiger charge is 2.46. The first kappa shape index (κ1) is 35.2. The number of halogens is 2. The molecule has 0 amide bonds. The Morgan fingerprint density at radius 1 is 1.08 bits per heavy atom. The van der Waals surface area contributed by atoms with Crippen LogP contribution >= 0.6 is 0 Å². The number of aryl methyl sites for hydroxylation is 1. The maximum Gasteiger partial charge on any atom is 0.319 e. The molecule has 4 aromatic rings. The van der Waals surface area contributed by atoms with Crippen molar-refractivity contribution in [1.82, 2.24) is 19.9 Å². The largest absolute Gasteiger partial charge is 0.481 e. The summed E-state index contributed by atoms with van der Waals surface area (Å²) < 4.78 is 49.4. The number of benzene rings is 2. The molecule has 0 radical (unpaired) electrons. The number of ether oxygens (including phenoxy) is 3. The van der Waals surface area contributed by atoms with Crippen LogP contribution in [0.3, 0.4) is 0 Å². The molecule has 4 heterocycles. The van der Waals surface area contributed by atoms with Crippen molar-refractivity contribution in [2.75, 3.05) is 58.1 Å². The number of methoxy groups -OCH3 is 1. The summed E-state index contributed by atoms with van der Waals surface area (Å²) in [7, 11) is 1.50. The monoisotopic (exact) mass is 705 g/mol. The van der Waals surface area contributed by atoms with Crippen molar-refractivity contribution in [2.24, 2.45) is 11.3 Å². The molecule has 3 fully saturated rings. The third-order valence-electron chi connectivity index (χ3n) is 10.7. The summed E-state index contributed by atoms with van der Waals surface area (Å²) in [6, 6.07) is 6.48. The van der Waals surface area contributed by atoms with Gasteiger partial charge in [-0.3, -0.25) is 9.78 Å². The molecular formula is C38H45F2N5O6. The number of carboxylic acids is 1. The number of nitrogens with zero attached hydrogens (tertiary/aromatic N) is 5. The number of aromatic nitrogens is 3. The zero-order valence-electron chi connectivity index (χ0n) is 29.4. The van der Waals surface area contributed by atoms with Gasteiger partial charge in [-0.15, -0.1) is 0 Å². The van der Waals surface area contributed by atoms with Gasteiger partial charge in [0.1, 0.15) is 28.6 Å². The fourth-order valence-electron chi connectivity index (χ4n) is 7.70. The molecule has 3 aliphatic rings. The van der Waals surface area contributed by atoms with Gasteiger partial charge in [0.05, 0.1) is 23.5 Å². The number of pyridine rings is 1. The van der Waals surface area contributed by atoms with E-state index in [1.165, 1.54) is 13.2 Å². The Hall–Kier alpha value is -4.20. The minimum Gasteiger partial charge on any atom is -0.481 e. The van der Waals surface area contributed by atoms with Crippen LogP contribution in [0, 0.1) is 23.0 Å². The summed E-state index contributed by atoms with van der Waals surface area (Å²) in [6.07, 6.45) is 6.42. The first-order valence-electron chi connectivity index (χ1n) is 17.8. The predicted octanol–water partition coefficient (Wildman–Crippen LogP) is 5.98. The number of fused-ring (bicyclic) bond motifs is 2. The van der Waals surface area contributed by atoms with E-state index in [9.17, 15) is 15.0 Å². The zero-order valence-corrected chi connectivity index (χ0v) is 29.4. The fourth-order valence-corrected chi connectivity index (χ4v) is 7.70. The average Bonchev–Trinajstić information content (AvgIpc) is 3.88. The van der Waals surface area contributed by atoms with Gasteiger partial charge in [-0.1, -0.05) is 13.0 Å². The van der Waals surface area contributed by atoms with Crippen LogP contribution in [0.1, 0.15) is 57.9 Å². The number of carboxylic acid groups (broad SMARTS) is 1. The summed E-state index contributed by atoms with van der Waals surface area (Å²) in [5.74, 6) is -1.29. The Morgan fingerprint density at radius 3 is 2.55 bits per heavy atom. The molecule has 2 aromatic carbocycles. The van der Waals surface area contributed by atoms with Crippen molar-refractivity contribution in [3.05, 3.63) is 47.7 Å². The van der Waals surface area contributed by atoms with Crippen molar-refractivity contribution in [3.8, 4) is 23.0 Å². The summed E-state index contributed by atoms with van der Waals surface area (Å²) in [5, 5.41) is 22.0. The van der Waals surface area contributed by atoms with Crippen LogP contribution in [0.15, 0.2) is 30.5 Å². The Morgan fingerprint density at radius 2 is 1.86 bits per heavy atom. The van der Waals surface area contributed by atoms with E-state index in [0.29, 0.717) is 84.2 Å². The molecule has 1 aliphatic carbocycles. The lowest BCUT2D eigenvalue weighted by atomic mass is 9.94. The second-order valence-corrected chi connectivity index (χ2v) is 14.7.